The van der Waals surface area contributed by atoms with Crippen LogP contribution in [0.1, 0.15) is 66.2 Å². The van der Waals surface area contributed by atoms with Gasteiger partial charge in [0.05, 0.1) is 6.10 Å². The summed E-state index contributed by atoms with van der Waals surface area (Å²) < 4.78 is 5.94. The third kappa shape index (κ3) is 6.15. The molecule has 0 N–H and O–H groups in total. The first kappa shape index (κ1) is 14.4. The highest BCUT2D eigenvalue weighted by molar-refractivity contribution is 7.95. The lowest BCUT2D eigenvalue weighted by atomic mass is 9.89. The lowest BCUT2D eigenvalue weighted by Crippen LogP contribution is -2.19. The molecule has 2 heteroatoms. The normalized spacial score (nSPS) is 28.3. The maximum absolute atomic E-state index is 5.94. The zero-order valence-electron chi connectivity index (χ0n) is 11.4. The molecule has 0 spiro atoms. The van der Waals surface area contributed by atoms with Crippen molar-refractivity contribution in [3.05, 3.63) is 0 Å². The average Bonchev–Trinajstić information content (AvgIpc) is 2.25. The van der Waals surface area contributed by atoms with E-state index < -0.39 is 0 Å². The molecule has 0 radical (unpaired) electrons. The SMILES string of the molecule is CC(C)CCC(C)SOC1CCC(C)CC1. The van der Waals surface area contributed by atoms with Gasteiger partial charge in [0.2, 0.25) is 0 Å². The van der Waals surface area contributed by atoms with Gasteiger partial charge >= 0.3 is 0 Å². The number of hydrogen-bond donors (Lipinski definition) is 0. The Morgan fingerprint density at radius 3 is 2.25 bits per heavy atom. The van der Waals surface area contributed by atoms with Crippen molar-refractivity contribution in [3.63, 3.8) is 0 Å². The van der Waals surface area contributed by atoms with Gasteiger partial charge in [-0.25, -0.2) is 0 Å². The first-order valence-corrected chi connectivity index (χ1v) is 7.70. The second-order valence-corrected chi connectivity index (χ2v) is 7.05. The zero-order valence-corrected chi connectivity index (χ0v) is 12.2. The van der Waals surface area contributed by atoms with E-state index in [1.165, 1.54) is 38.5 Å². The van der Waals surface area contributed by atoms with Crippen molar-refractivity contribution in [2.24, 2.45) is 11.8 Å². The molecule has 96 valence electrons. The Morgan fingerprint density at radius 2 is 1.69 bits per heavy atom. The van der Waals surface area contributed by atoms with Crippen molar-refractivity contribution in [2.45, 2.75) is 77.6 Å². The van der Waals surface area contributed by atoms with Crippen LogP contribution in [0.5, 0.6) is 0 Å². The molecule has 0 heterocycles. The Balaban J connectivity index is 2.05. The minimum atomic E-state index is 0.530. The van der Waals surface area contributed by atoms with Crippen molar-refractivity contribution in [2.75, 3.05) is 0 Å². The summed E-state index contributed by atoms with van der Waals surface area (Å²) in [6.45, 7) is 9.23. The molecule has 1 nitrogen and oxygen atoms in total. The van der Waals surface area contributed by atoms with E-state index in [4.69, 9.17) is 4.18 Å². The quantitative estimate of drug-likeness (QED) is 0.604. The van der Waals surface area contributed by atoms with Gasteiger partial charge in [-0.15, -0.1) is 0 Å². The lowest BCUT2D eigenvalue weighted by Gasteiger charge is -2.26. The number of hydrogen-bond acceptors (Lipinski definition) is 2. The fourth-order valence-electron chi connectivity index (χ4n) is 2.12. The molecule has 1 saturated carbocycles. The predicted octanol–water partition coefficient (Wildman–Crippen LogP) is 5.05. The summed E-state index contributed by atoms with van der Waals surface area (Å²) in [6, 6.07) is 0. The molecular weight excluding hydrogens is 216 g/mol. The summed E-state index contributed by atoms with van der Waals surface area (Å²) in [6.07, 6.45) is 8.38. The molecule has 1 unspecified atom stereocenters. The molecule has 0 aromatic carbocycles. The van der Waals surface area contributed by atoms with E-state index in [9.17, 15) is 0 Å². The standard InChI is InChI=1S/C14H28OS/c1-11(2)5-8-13(4)16-15-14-9-6-12(3)7-10-14/h11-14H,5-10H2,1-4H3. The first-order chi connectivity index (χ1) is 7.58. The van der Waals surface area contributed by atoms with Crippen molar-refractivity contribution in [3.8, 4) is 0 Å². The highest BCUT2D eigenvalue weighted by Gasteiger charge is 2.19. The minimum absolute atomic E-state index is 0.530. The summed E-state index contributed by atoms with van der Waals surface area (Å²) in [5, 5.41) is 0.654. The van der Waals surface area contributed by atoms with Crippen LogP contribution >= 0.6 is 12.0 Å². The monoisotopic (exact) mass is 244 g/mol. The topological polar surface area (TPSA) is 9.23 Å². The van der Waals surface area contributed by atoms with Crippen molar-refractivity contribution < 1.29 is 4.18 Å². The Labute approximate surface area is 106 Å². The van der Waals surface area contributed by atoms with Gasteiger partial charge in [0, 0.05) is 5.25 Å². The molecule has 0 aromatic heterocycles. The van der Waals surface area contributed by atoms with E-state index in [0.29, 0.717) is 11.4 Å². The molecule has 0 saturated heterocycles. The van der Waals surface area contributed by atoms with Gasteiger partial charge in [0.15, 0.2) is 0 Å². The van der Waals surface area contributed by atoms with Gasteiger partial charge in [-0.2, -0.15) is 0 Å². The summed E-state index contributed by atoms with van der Waals surface area (Å²) in [5.41, 5.74) is 0. The highest BCUT2D eigenvalue weighted by Crippen LogP contribution is 2.30. The van der Waals surface area contributed by atoms with Crippen LogP contribution in [0.15, 0.2) is 0 Å². The van der Waals surface area contributed by atoms with Crippen molar-refractivity contribution >= 4 is 12.0 Å². The zero-order chi connectivity index (χ0) is 12.0. The molecule has 0 amide bonds. The first-order valence-electron chi connectivity index (χ1n) is 6.90. The maximum atomic E-state index is 5.94. The van der Waals surface area contributed by atoms with Crippen LogP contribution in [-0.2, 0) is 4.18 Å². The summed E-state index contributed by atoms with van der Waals surface area (Å²) in [4.78, 5) is 0. The molecular formula is C14H28OS. The largest absolute Gasteiger partial charge is 0.312 e. The summed E-state index contributed by atoms with van der Waals surface area (Å²) in [5.74, 6) is 1.74. The van der Waals surface area contributed by atoms with E-state index in [-0.39, 0.29) is 0 Å². The van der Waals surface area contributed by atoms with Gasteiger partial charge < -0.3 is 4.18 Å². The Kier molecular flexibility index (Phi) is 6.83. The summed E-state index contributed by atoms with van der Waals surface area (Å²) >= 11 is 1.73. The molecule has 0 bridgehead atoms. The van der Waals surface area contributed by atoms with Crippen molar-refractivity contribution in [1.82, 2.24) is 0 Å². The lowest BCUT2D eigenvalue weighted by molar-refractivity contribution is 0.160. The molecule has 1 atom stereocenters. The van der Waals surface area contributed by atoms with Crippen LogP contribution in [0.3, 0.4) is 0 Å². The fraction of sp³-hybridized carbons (Fsp3) is 1.00. The molecule has 1 aliphatic carbocycles. The van der Waals surface area contributed by atoms with Crippen LogP contribution in [0.2, 0.25) is 0 Å². The third-order valence-electron chi connectivity index (χ3n) is 3.47. The van der Waals surface area contributed by atoms with E-state index >= 15 is 0 Å². The van der Waals surface area contributed by atoms with Gasteiger partial charge in [-0.1, -0.05) is 27.7 Å². The van der Waals surface area contributed by atoms with E-state index in [1.807, 2.05) is 0 Å². The second kappa shape index (κ2) is 7.60. The Hall–Kier alpha value is 0.310. The van der Waals surface area contributed by atoms with Crippen LogP contribution < -0.4 is 0 Å². The molecule has 1 fully saturated rings. The van der Waals surface area contributed by atoms with E-state index in [0.717, 1.165) is 11.8 Å². The minimum Gasteiger partial charge on any atom is -0.312 e. The van der Waals surface area contributed by atoms with E-state index in [1.54, 1.807) is 12.0 Å². The molecule has 1 aliphatic rings. The van der Waals surface area contributed by atoms with Gasteiger partial charge in [0.25, 0.3) is 0 Å². The molecule has 0 aliphatic heterocycles. The Morgan fingerprint density at radius 1 is 1.06 bits per heavy atom. The highest BCUT2D eigenvalue weighted by atomic mass is 32.2. The average molecular weight is 244 g/mol. The van der Waals surface area contributed by atoms with Gasteiger partial charge in [-0.05, 0) is 62.4 Å². The van der Waals surface area contributed by atoms with Crippen LogP contribution in [0.25, 0.3) is 0 Å². The van der Waals surface area contributed by atoms with E-state index in [2.05, 4.69) is 27.7 Å². The third-order valence-corrected chi connectivity index (χ3v) is 4.42. The van der Waals surface area contributed by atoms with Crippen LogP contribution in [0.4, 0.5) is 0 Å². The van der Waals surface area contributed by atoms with Crippen molar-refractivity contribution in [1.29, 1.82) is 0 Å². The van der Waals surface area contributed by atoms with Crippen LogP contribution in [-0.4, -0.2) is 11.4 Å². The summed E-state index contributed by atoms with van der Waals surface area (Å²) in [7, 11) is 0. The number of rotatable bonds is 6. The molecule has 1 rings (SSSR count). The second-order valence-electron chi connectivity index (χ2n) is 5.86. The van der Waals surface area contributed by atoms with Gasteiger partial charge in [0.1, 0.15) is 0 Å². The fourth-order valence-corrected chi connectivity index (χ4v) is 2.89. The predicted molar refractivity (Wildman–Crippen MR) is 73.6 cm³/mol. The molecule has 16 heavy (non-hydrogen) atoms. The maximum Gasteiger partial charge on any atom is 0.0722 e. The Bertz CT molecular complexity index is 174. The molecule has 0 aromatic rings. The van der Waals surface area contributed by atoms with Crippen LogP contribution in [0, 0.1) is 11.8 Å². The smallest absolute Gasteiger partial charge is 0.0722 e. The van der Waals surface area contributed by atoms with Gasteiger partial charge in [-0.3, -0.25) is 0 Å².